The number of amides is 3. The zero-order valence-electron chi connectivity index (χ0n) is 21.4. The molecule has 0 radical (unpaired) electrons. The van der Waals surface area contributed by atoms with Gasteiger partial charge in [-0.15, -0.1) is 0 Å². The van der Waals surface area contributed by atoms with E-state index in [9.17, 15) is 19.5 Å². The van der Waals surface area contributed by atoms with E-state index in [0.717, 1.165) is 12.8 Å². The van der Waals surface area contributed by atoms with Crippen LogP contribution < -0.4 is 9.64 Å². The fraction of sp³-hybridized carbons (Fsp3) is 0.536. The molecule has 4 heterocycles. The minimum absolute atomic E-state index is 0.0102. The number of carbonyl (C=O) groups excluding carboxylic acids is 3. The Morgan fingerprint density at radius 3 is 2.51 bits per heavy atom. The Hall–Kier alpha value is -3.17. The molecule has 1 aromatic carbocycles. The zero-order chi connectivity index (χ0) is 26.2. The molecule has 9 heteroatoms. The van der Waals surface area contributed by atoms with Crippen LogP contribution in [0, 0.1) is 11.8 Å². The van der Waals surface area contributed by atoms with Gasteiger partial charge in [0.1, 0.15) is 17.4 Å². The van der Waals surface area contributed by atoms with Crippen LogP contribution in [0.3, 0.4) is 0 Å². The predicted molar refractivity (Wildman–Crippen MR) is 137 cm³/mol. The first-order valence-corrected chi connectivity index (χ1v) is 13.2. The van der Waals surface area contributed by atoms with E-state index in [2.05, 4.69) is 6.92 Å². The topological polar surface area (TPSA) is 99.6 Å². The average Bonchev–Trinajstić information content (AvgIpc) is 3.20. The van der Waals surface area contributed by atoms with E-state index in [-0.39, 0.29) is 30.9 Å². The van der Waals surface area contributed by atoms with Crippen molar-refractivity contribution in [3.05, 3.63) is 48.6 Å². The van der Waals surface area contributed by atoms with Crippen LogP contribution in [0.2, 0.25) is 0 Å². The first kappa shape index (κ1) is 25.5. The van der Waals surface area contributed by atoms with Gasteiger partial charge in [-0.1, -0.05) is 37.6 Å². The van der Waals surface area contributed by atoms with Crippen LogP contribution in [-0.4, -0.2) is 89.8 Å². The molecule has 5 atom stereocenters. The van der Waals surface area contributed by atoms with Gasteiger partial charge in [0.05, 0.1) is 31.2 Å². The lowest BCUT2D eigenvalue weighted by molar-refractivity contribution is -0.147. The van der Waals surface area contributed by atoms with Crippen molar-refractivity contribution in [1.82, 2.24) is 9.80 Å². The van der Waals surface area contributed by atoms with Gasteiger partial charge in [0, 0.05) is 31.9 Å². The number of aliphatic hydroxyl groups is 1. The fourth-order valence-corrected chi connectivity index (χ4v) is 6.20. The summed E-state index contributed by atoms with van der Waals surface area (Å²) in [6, 6.07) is 6.39. The zero-order valence-corrected chi connectivity index (χ0v) is 21.4. The average molecular weight is 510 g/mol. The fourth-order valence-electron chi connectivity index (χ4n) is 6.20. The molecule has 1 spiro atoms. The van der Waals surface area contributed by atoms with Crippen LogP contribution in [0.25, 0.3) is 0 Å². The van der Waals surface area contributed by atoms with Gasteiger partial charge in [0.15, 0.2) is 0 Å². The maximum absolute atomic E-state index is 14.1. The lowest BCUT2D eigenvalue weighted by atomic mass is 9.77. The molecule has 1 unspecified atom stereocenters. The highest BCUT2D eigenvalue weighted by Crippen LogP contribution is 2.53. The van der Waals surface area contributed by atoms with E-state index < -0.39 is 29.6 Å². The molecule has 2 saturated heterocycles. The number of unbranched alkanes of at least 4 members (excludes halogenated alkanes) is 1. The molecule has 4 aliphatic rings. The Kier molecular flexibility index (Phi) is 7.09. The van der Waals surface area contributed by atoms with E-state index in [1.165, 1.54) is 4.90 Å². The maximum atomic E-state index is 14.1. The molecule has 4 aliphatic heterocycles. The van der Waals surface area contributed by atoms with E-state index in [1.807, 2.05) is 55.5 Å². The second kappa shape index (κ2) is 10.3. The lowest BCUT2D eigenvalue weighted by Gasteiger charge is -2.35. The number of hydrogen-bond acceptors (Lipinski definition) is 6. The van der Waals surface area contributed by atoms with Crippen LogP contribution in [0.4, 0.5) is 5.69 Å². The Balaban J connectivity index is 1.52. The monoisotopic (exact) mass is 509 g/mol. The molecule has 2 fully saturated rings. The van der Waals surface area contributed by atoms with E-state index >= 15 is 0 Å². The van der Waals surface area contributed by atoms with Crippen molar-refractivity contribution < 1.29 is 29.0 Å². The first-order chi connectivity index (χ1) is 18.0. The Morgan fingerprint density at radius 2 is 1.81 bits per heavy atom. The molecule has 0 saturated carbocycles. The highest BCUT2D eigenvalue weighted by atomic mass is 16.5. The van der Waals surface area contributed by atoms with Crippen molar-refractivity contribution in [2.75, 3.05) is 44.3 Å². The predicted octanol–water partition coefficient (Wildman–Crippen LogP) is 1.76. The molecule has 5 rings (SSSR count). The second-order valence-corrected chi connectivity index (χ2v) is 9.94. The van der Waals surface area contributed by atoms with Gasteiger partial charge >= 0.3 is 0 Å². The van der Waals surface area contributed by atoms with E-state index in [1.54, 1.807) is 9.80 Å². The van der Waals surface area contributed by atoms with Gasteiger partial charge in [-0.2, -0.15) is 0 Å². The Bertz CT molecular complexity index is 1100. The number of fused-ring (bicyclic) bond motifs is 2. The third-order valence-electron chi connectivity index (χ3n) is 7.82. The number of likely N-dealkylation sites (tertiary alicyclic amines) is 1. The molecule has 198 valence electrons. The summed E-state index contributed by atoms with van der Waals surface area (Å²) >= 11 is 0. The highest BCUT2D eigenvalue weighted by molar-refractivity contribution is 6.03. The summed E-state index contributed by atoms with van der Waals surface area (Å²) in [5.74, 6) is -1.67. The Labute approximate surface area is 217 Å². The van der Waals surface area contributed by atoms with Crippen molar-refractivity contribution in [2.24, 2.45) is 11.8 Å². The van der Waals surface area contributed by atoms with E-state index in [0.29, 0.717) is 37.7 Å². The minimum Gasteiger partial charge on any atom is -0.494 e. The van der Waals surface area contributed by atoms with Crippen molar-refractivity contribution in [3.8, 4) is 5.75 Å². The number of aliphatic hydroxyl groups excluding tert-OH is 1. The maximum Gasteiger partial charge on any atom is 0.249 e. The van der Waals surface area contributed by atoms with Crippen LogP contribution in [0.5, 0.6) is 5.75 Å². The quantitative estimate of drug-likeness (QED) is 0.536. The van der Waals surface area contributed by atoms with Gasteiger partial charge < -0.3 is 29.3 Å². The molecule has 1 N–H and O–H groups in total. The summed E-state index contributed by atoms with van der Waals surface area (Å²) in [5, 5.41) is 9.77. The van der Waals surface area contributed by atoms with Crippen molar-refractivity contribution >= 4 is 23.4 Å². The highest BCUT2D eigenvalue weighted by Gasteiger charge is 2.71. The molecule has 3 amide bonds. The van der Waals surface area contributed by atoms with Crippen molar-refractivity contribution in [3.63, 3.8) is 0 Å². The molecule has 37 heavy (non-hydrogen) atoms. The molecular weight excluding hydrogens is 474 g/mol. The normalized spacial score (nSPS) is 30.8. The van der Waals surface area contributed by atoms with Gasteiger partial charge in [0.25, 0.3) is 0 Å². The SMILES string of the molecule is CCCCN1CC=C[C@]23O[C@H]4C=CCN(c5ccc(OCC)cc5)C(=O)[C@H]4[C@H]2C(=O)N(CCO)C3C1=O. The summed E-state index contributed by atoms with van der Waals surface area (Å²) in [6.45, 7) is 5.60. The number of β-amino-alcohol motifs (C(OH)–C–C–N with tert-alkyl or cyclic N) is 1. The van der Waals surface area contributed by atoms with Crippen LogP contribution >= 0.6 is 0 Å². The van der Waals surface area contributed by atoms with Crippen LogP contribution in [0.1, 0.15) is 26.7 Å². The smallest absolute Gasteiger partial charge is 0.249 e. The summed E-state index contributed by atoms with van der Waals surface area (Å²) in [5.41, 5.74) is -0.561. The molecule has 9 nitrogen and oxygen atoms in total. The number of benzene rings is 1. The number of carbonyl (C=O) groups is 3. The second-order valence-electron chi connectivity index (χ2n) is 9.94. The first-order valence-electron chi connectivity index (χ1n) is 13.2. The molecular formula is C28H35N3O6. The summed E-state index contributed by atoms with van der Waals surface area (Å²) in [6.07, 6.45) is 8.61. The van der Waals surface area contributed by atoms with Gasteiger partial charge in [-0.25, -0.2) is 0 Å². The standard InChI is InChI=1S/C28H35N3O6/c1-3-5-14-29-15-7-13-28-23(26(34)31(17-18-32)24(28)27(29)35)22-21(37-28)8-6-16-30(25(22)33)19-9-11-20(12-10-19)36-4-2/h6-13,21-24,32H,3-5,14-18H2,1-2H3/t21-,22+,23-,24?,28-/m0/s1. The van der Waals surface area contributed by atoms with Gasteiger partial charge in [-0.05, 0) is 37.6 Å². The van der Waals surface area contributed by atoms with Gasteiger partial charge in [-0.3, -0.25) is 14.4 Å². The van der Waals surface area contributed by atoms with E-state index in [4.69, 9.17) is 9.47 Å². The largest absolute Gasteiger partial charge is 0.494 e. The number of ether oxygens (including phenoxy) is 2. The molecule has 0 aromatic heterocycles. The summed E-state index contributed by atoms with van der Waals surface area (Å²) < 4.78 is 12.1. The minimum atomic E-state index is -1.26. The van der Waals surface area contributed by atoms with Crippen LogP contribution in [0.15, 0.2) is 48.6 Å². The third kappa shape index (κ3) is 4.14. The summed E-state index contributed by atoms with van der Waals surface area (Å²) in [4.78, 5) is 46.7. The number of rotatable bonds is 8. The number of anilines is 1. The Morgan fingerprint density at radius 1 is 1.03 bits per heavy atom. The van der Waals surface area contributed by atoms with Crippen molar-refractivity contribution in [1.29, 1.82) is 0 Å². The van der Waals surface area contributed by atoms with Gasteiger partial charge in [0.2, 0.25) is 17.7 Å². The van der Waals surface area contributed by atoms with Crippen LogP contribution in [-0.2, 0) is 19.1 Å². The molecule has 0 aliphatic carbocycles. The number of hydrogen-bond donors (Lipinski definition) is 1. The molecule has 0 bridgehead atoms. The number of nitrogens with zero attached hydrogens (tertiary/aromatic N) is 3. The summed E-state index contributed by atoms with van der Waals surface area (Å²) in [7, 11) is 0. The van der Waals surface area contributed by atoms with Crippen molar-refractivity contribution in [2.45, 2.75) is 44.4 Å². The lowest BCUT2D eigenvalue weighted by Crippen LogP contribution is -2.55. The molecule has 1 aromatic rings. The third-order valence-corrected chi connectivity index (χ3v) is 7.82.